The predicted molar refractivity (Wildman–Crippen MR) is 156 cm³/mol. The van der Waals surface area contributed by atoms with Crippen molar-refractivity contribution in [1.82, 2.24) is 15.1 Å². The molecule has 1 atom stereocenters. The Bertz CT molecular complexity index is 1320. The molecule has 0 fully saturated rings. The Balaban J connectivity index is 1.91. The lowest BCUT2D eigenvalue weighted by Gasteiger charge is -2.25. The Morgan fingerprint density at radius 2 is 1.87 bits per heavy atom. The largest absolute Gasteiger partial charge is 0.497 e. The fourth-order valence-electron chi connectivity index (χ4n) is 4.55. The zero-order valence-corrected chi connectivity index (χ0v) is 24.6. The van der Waals surface area contributed by atoms with Gasteiger partial charge in [-0.1, -0.05) is 50.6 Å². The Morgan fingerprint density at radius 3 is 2.51 bits per heavy atom. The van der Waals surface area contributed by atoms with E-state index in [-0.39, 0.29) is 34.8 Å². The number of methoxy groups -OCH3 is 2. The first-order valence-electron chi connectivity index (χ1n) is 12.9. The van der Waals surface area contributed by atoms with E-state index in [0.29, 0.717) is 36.2 Å². The summed E-state index contributed by atoms with van der Waals surface area (Å²) in [5, 5.41) is 8.37. The second kappa shape index (κ2) is 12.4. The lowest BCUT2D eigenvalue weighted by atomic mass is 9.87. The first kappa shape index (κ1) is 29.0. The van der Waals surface area contributed by atoms with Crippen molar-refractivity contribution in [3.05, 3.63) is 70.4 Å². The molecule has 0 saturated heterocycles. The van der Waals surface area contributed by atoms with Gasteiger partial charge in [-0.3, -0.25) is 14.5 Å². The second-order valence-corrected chi connectivity index (χ2v) is 11.8. The molecule has 208 valence electrons. The number of carbonyl (C=O) groups excluding carboxylic acids is 2. The van der Waals surface area contributed by atoms with Gasteiger partial charge in [-0.15, -0.1) is 11.8 Å². The van der Waals surface area contributed by atoms with Gasteiger partial charge in [-0.25, -0.2) is 4.68 Å². The van der Waals surface area contributed by atoms with Crippen LogP contribution in [0.25, 0.3) is 5.69 Å². The molecule has 0 aliphatic carbocycles. The summed E-state index contributed by atoms with van der Waals surface area (Å²) in [4.78, 5) is 28.3. The van der Waals surface area contributed by atoms with Gasteiger partial charge in [-0.05, 0) is 42.3 Å². The number of rotatable bonds is 9. The van der Waals surface area contributed by atoms with Gasteiger partial charge in [0.1, 0.15) is 18.1 Å². The molecular weight excluding hydrogens is 536 g/mol. The fourth-order valence-corrected chi connectivity index (χ4v) is 6.10. The van der Waals surface area contributed by atoms with Crippen LogP contribution in [0.15, 0.2) is 48.5 Å². The van der Waals surface area contributed by atoms with E-state index in [1.807, 2.05) is 48.5 Å². The third-order valence-electron chi connectivity index (χ3n) is 6.45. The maximum Gasteiger partial charge on any atom is 0.240 e. The number of ether oxygens (including phenoxy) is 2. The minimum absolute atomic E-state index is 0.125. The molecule has 4 rings (SSSR count). The van der Waals surface area contributed by atoms with Crippen LogP contribution in [0.4, 0.5) is 5.82 Å². The maximum atomic E-state index is 13.7. The van der Waals surface area contributed by atoms with Crippen molar-refractivity contribution < 1.29 is 19.1 Å². The summed E-state index contributed by atoms with van der Waals surface area (Å²) in [6.07, 6.45) is 0.684. The van der Waals surface area contributed by atoms with Gasteiger partial charge in [-0.2, -0.15) is 5.10 Å². The van der Waals surface area contributed by atoms with E-state index >= 15 is 0 Å². The van der Waals surface area contributed by atoms with E-state index in [9.17, 15) is 9.59 Å². The quantitative estimate of drug-likeness (QED) is 0.358. The average Bonchev–Trinajstić information content (AvgIpc) is 3.25. The van der Waals surface area contributed by atoms with Crippen LogP contribution in [0.5, 0.6) is 5.75 Å². The molecule has 8 nitrogen and oxygen atoms in total. The summed E-state index contributed by atoms with van der Waals surface area (Å²) < 4.78 is 12.2. The van der Waals surface area contributed by atoms with Crippen molar-refractivity contribution >= 4 is 41.0 Å². The number of thioether (sulfide) groups is 1. The summed E-state index contributed by atoms with van der Waals surface area (Å²) >= 11 is 8.22. The standard InChI is InChI=1S/C29H35ClN4O4S/c1-29(2,3)27-25-26(21-9-6-7-10-22(21)30)39-18-24(36)33(17-23(35)31-15-8-16-37-4)28(25)34(32-27)19-11-13-20(38-5)14-12-19/h6-7,9-14,26H,8,15-18H2,1-5H3,(H,31,35). The molecule has 0 bridgehead atoms. The number of halogens is 1. The first-order valence-corrected chi connectivity index (χ1v) is 14.3. The normalized spacial score (nSPS) is 15.6. The monoisotopic (exact) mass is 570 g/mol. The van der Waals surface area contributed by atoms with Crippen LogP contribution in [0.2, 0.25) is 5.02 Å². The van der Waals surface area contributed by atoms with E-state index in [2.05, 4.69) is 26.1 Å². The van der Waals surface area contributed by atoms with Gasteiger partial charge in [0.05, 0.1) is 29.5 Å². The third-order valence-corrected chi connectivity index (χ3v) is 8.03. The van der Waals surface area contributed by atoms with Crippen molar-refractivity contribution in [2.24, 2.45) is 0 Å². The number of anilines is 1. The number of hydrogen-bond donors (Lipinski definition) is 1. The molecule has 1 aromatic heterocycles. The number of benzene rings is 2. The average molecular weight is 571 g/mol. The molecule has 1 N–H and O–H groups in total. The summed E-state index contributed by atoms with van der Waals surface area (Å²) in [5.41, 5.74) is 3.03. The zero-order chi connectivity index (χ0) is 28.2. The SMILES string of the molecule is COCCCNC(=O)CN1C(=O)CSC(c2ccccc2Cl)c2c(C(C)(C)C)nn(-c3ccc(OC)cc3)c21. The highest BCUT2D eigenvalue weighted by Crippen LogP contribution is 2.49. The van der Waals surface area contributed by atoms with E-state index in [4.69, 9.17) is 26.2 Å². The molecule has 1 aliphatic heterocycles. The number of amides is 2. The third kappa shape index (κ3) is 6.42. The highest BCUT2D eigenvalue weighted by Gasteiger charge is 2.40. The van der Waals surface area contributed by atoms with Crippen LogP contribution in [0, 0.1) is 0 Å². The van der Waals surface area contributed by atoms with Crippen LogP contribution in [0.1, 0.15) is 49.3 Å². The second-order valence-electron chi connectivity index (χ2n) is 10.3. The predicted octanol–water partition coefficient (Wildman–Crippen LogP) is 5.15. The Labute approximate surface area is 239 Å². The van der Waals surface area contributed by atoms with E-state index in [0.717, 1.165) is 22.5 Å². The summed E-state index contributed by atoms with van der Waals surface area (Å²) in [6, 6.07) is 15.2. The molecule has 3 aromatic rings. The number of nitrogens with one attached hydrogen (secondary N) is 1. The van der Waals surface area contributed by atoms with Crippen molar-refractivity contribution in [3.8, 4) is 11.4 Å². The number of fused-ring (bicyclic) bond motifs is 1. The van der Waals surface area contributed by atoms with Crippen LogP contribution in [0.3, 0.4) is 0 Å². The van der Waals surface area contributed by atoms with Crippen LogP contribution in [-0.4, -0.2) is 61.3 Å². The Hall–Kier alpha value is -3.01. The topological polar surface area (TPSA) is 85.7 Å². The minimum Gasteiger partial charge on any atom is -0.497 e. The molecule has 10 heteroatoms. The van der Waals surface area contributed by atoms with Gasteiger partial charge in [0.25, 0.3) is 0 Å². The van der Waals surface area contributed by atoms with Gasteiger partial charge in [0.15, 0.2) is 0 Å². The first-order chi connectivity index (χ1) is 18.7. The smallest absolute Gasteiger partial charge is 0.240 e. The highest BCUT2D eigenvalue weighted by atomic mass is 35.5. The number of nitrogens with zero attached hydrogens (tertiary/aromatic N) is 3. The Kier molecular flexibility index (Phi) is 9.25. The summed E-state index contributed by atoms with van der Waals surface area (Å²) in [5.74, 6) is 1.07. The maximum absolute atomic E-state index is 13.7. The van der Waals surface area contributed by atoms with Crippen LogP contribution >= 0.6 is 23.4 Å². The van der Waals surface area contributed by atoms with E-state index in [1.165, 1.54) is 11.8 Å². The summed E-state index contributed by atoms with van der Waals surface area (Å²) in [7, 11) is 3.24. The number of aromatic nitrogens is 2. The summed E-state index contributed by atoms with van der Waals surface area (Å²) in [6.45, 7) is 7.18. The molecule has 1 unspecified atom stereocenters. The van der Waals surface area contributed by atoms with Gasteiger partial charge >= 0.3 is 0 Å². The van der Waals surface area contributed by atoms with E-state index < -0.39 is 0 Å². The van der Waals surface area contributed by atoms with Gasteiger partial charge in [0.2, 0.25) is 11.8 Å². The molecule has 0 radical (unpaired) electrons. The number of carbonyl (C=O) groups is 2. The minimum atomic E-state index is -0.358. The fraction of sp³-hybridized carbons (Fsp3) is 0.414. The molecule has 0 saturated carbocycles. The number of hydrogen-bond acceptors (Lipinski definition) is 6. The zero-order valence-electron chi connectivity index (χ0n) is 23.0. The molecule has 2 heterocycles. The molecular formula is C29H35ClN4O4S. The molecule has 39 heavy (non-hydrogen) atoms. The lowest BCUT2D eigenvalue weighted by molar-refractivity contribution is -0.122. The van der Waals surface area contributed by atoms with Crippen molar-refractivity contribution in [2.75, 3.05) is 44.6 Å². The van der Waals surface area contributed by atoms with E-state index in [1.54, 1.807) is 23.8 Å². The molecule has 0 spiro atoms. The van der Waals surface area contributed by atoms with Crippen LogP contribution < -0.4 is 15.0 Å². The van der Waals surface area contributed by atoms with Crippen molar-refractivity contribution in [1.29, 1.82) is 0 Å². The molecule has 2 aromatic carbocycles. The van der Waals surface area contributed by atoms with Crippen molar-refractivity contribution in [3.63, 3.8) is 0 Å². The lowest BCUT2D eigenvalue weighted by Crippen LogP contribution is -2.42. The molecule has 2 amide bonds. The Morgan fingerprint density at radius 1 is 1.15 bits per heavy atom. The van der Waals surface area contributed by atoms with Gasteiger partial charge < -0.3 is 14.8 Å². The van der Waals surface area contributed by atoms with Crippen molar-refractivity contribution in [2.45, 2.75) is 37.9 Å². The van der Waals surface area contributed by atoms with Gasteiger partial charge in [0, 0.05) is 36.3 Å². The van der Waals surface area contributed by atoms with Crippen LogP contribution in [-0.2, 0) is 19.7 Å². The molecule has 1 aliphatic rings. The highest BCUT2D eigenvalue weighted by molar-refractivity contribution is 8.00.